The molecule has 3 heteroatoms. The molecule has 0 saturated heterocycles. The monoisotopic (exact) mass is 233 g/mol. The summed E-state index contributed by atoms with van der Waals surface area (Å²) >= 11 is 0. The van der Waals surface area contributed by atoms with Crippen LogP contribution in [0.5, 0.6) is 0 Å². The van der Waals surface area contributed by atoms with Gasteiger partial charge in [-0.1, -0.05) is 32.9 Å². The molecular formula is C14H19NO2. The van der Waals surface area contributed by atoms with Crippen LogP contribution in [0, 0.1) is 5.41 Å². The molecule has 0 fully saturated rings. The van der Waals surface area contributed by atoms with E-state index in [9.17, 15) is 9.90 Å². The molecule has 0 radical (unpaired) electrons. The van der Waals surface area contributed by atoms with Crippen LogP contribution in [0.2, 0.25) is 0 Å². The molecule has 2 rings (SSSR count). The van der Waals surface area contributed by atoms with Gasteiger partial charge in [0.1, 0.15) is 0 Å². The zero-order valence-electron chi connectivity index (χ0n) is 10.6. The van der Waals surface area contributed by atoms with Gasteiger partial charge in [-0.2, -0.15) is 0 Å². The molecule has 1 aromatic rings. The number of nitrogens with one attached hydrogen (secondary N) is 1. The zero-order valence-corrected chi connectivity index (χ0v) is 10.6. The van der Waals surface area contributed by atoms with Gasteiger partial charge in [0, 0.05) is 12.1 Å². The van der Waals surface area contributed by atoms with E-state index in [1.165, 1.54) is 0 Å². The topological polar surface area (TPSA) is 49.3 Å². The van der Waals surface area contributed by atoms with Gasteiger partial charge < -0.3 is 10.4 Å². The number of rotatable bonds is 1. The number of fused-ring (bicyclic) bond motifs is 1. The third-order valence-electron chi connectivity index (χ3n) is 3.19. The second-order valence-electron chi connectivity index (χ2n) is 5.69. The van der Waals surface area contributed by atoms with Crippen LogP contribution in [0.3, 0.4) is 0 Å². The summed E-state index contributed by atoms with van der Waals surface area (Å²) in [6, 6.07) is 5.70. The predicted octanol–water partition coefficient (Wildman–Crippen LogP) is 2.05. The van der Waals surface area contributed by atoms with Crippen molar-refractivity contribution in [3.05, 3.63) is 34.9 Å². The number of amides is 1. The van der Waals surface area contributed by atoms with Gasteiger partial charge in [-0.3, -0.25) is 4.79 Å². The minimum absolute atomic E-state index is 0.0331. The first-order chi connectivity index (χ1) is 7.89. The molecule has 3 nitrogen and oxygen atoms in total. The predicted molar refractivity (Wildman–Crippen MR) is 66.9 cm³/mol. The Kier molecular flexibility index (Phi) is 2.96. The quantitative estimate of drug-likeness (QED) is 0.780. The van der Waals surface area contributed by atoms with Crippen LogP contribution in [-0.2, 0) is 6.42 Å². The summed E-state index contributed by atoms with van der Waals surface area (Å²) in [5, 5.41) is 13.0. The summed E-state index contributed by atoms with van der Waals surface area (Å²) in [5.41, 5.74) is 2.36. The summed E-state index contributed by atoms with van der Waals surface area (Å²) < 4.78 is 0. The molecule has 1 aromatic carbocycles. The van der Waals surface area contributed by atoms with Crippen molar-refractivity contribution < 1.29 is 9.90 Å². The lowest BCUT2D eigenvalue weighted by atomic mass is 9.83. The largest absolute Gasteiger partial charge is 0.388 e. The minimum atomic E-state index is -0.553. The molecule has 0 saturated carbocycles. The summed E-state index contributed by atoms with van der Waals surface area (Å²) in [6.07, 6.45) is 0.315. The lowest BCUT2D eigenvalue weighted by Crippen LogP contribution is -2.32. The van der Waals surface area contributed by atoms with E-state index in [2.05, 4.69) is 5.32 Å². The minimum Gasteiger partial charge on any atom is -0.388 e. The van der Waals surface area contributed by atoms with Crippen molar-refractivity contribution in [3.8, 4) is 0 Å². The smallest absolute Gasteiger partial charge is 0.251 e. The van der Waals surface area contributed by atoms with Gasteiger partial charge in [0.25, 0.3) is 5.91 Å². The molecule has 1 heterocycles. The lowest BCUT2D eigenvalue weighted by molar-refractivity contribution is 0.0625. The van der Waals surface area contributed by atoms with Crippen LogP contribution in [0.15, 0.2) is 18.2 Å². The Morgan fingerprint density at radius 3 is 2.71 bits per heavy atom. The van der Waals surface area contributed by atoms with Gasteiger partial charge in [0.05, 0.1) is 6.10 Å². The van der Waals surface area contributed by atoms with Gasteiger partial charge in [0.2, 0.25) is 0 Å². The van der Waals surface area contributed by atoms with Crippen molar-refractivity contribution in [1.29, 1.82) is 0 Å². The first-order valence-corrected chi connectivity index (χ1v) is 5.98. The maximum atomic E-state index is 11.7. The molecule has 1 aliphatic rings. The van der Waals surface area contributed by atoms with Crippen molar-refractivity contribution in [1.82, 2.24) is 5.32 Å². The number of aliphatic hydroxyl groups is 1. The van der Waals surface area contributed by atoms with Crippen molar-refractivity contribution in [3.63, 3.8) is 0 Å². The van der Waals surface area contributed by atoms with Gasteiger partial charge in [0.15, 0.2) is 0 Å². The number of hydrogen-bond acceptors (Lipinski definition) is 2. The highest BCUT2D eigenvalue weighted by molar-refractivity contribution is 5.96. The maximum absolute atomic E-state index is 11.7. The van der Waals surface area contributed by atoms with Crippen molar-refractivity contribution in [2.45, 2.75) is 33.3 Å². The molecule has 0 aromatic heterocycles. The number of carbonyl (C=O) groups is 1. The van der Waals surface area contributed by atoms with E-state index < -0.39 is 6.10 Å². The fraction of sp³-hybridized carbons (Fsp3) is 0.500. The van der Waals surface area contributed by atoms with E-state index >= 15 is 0 Å². The molecule has 0 aliphatic carbocycles. The van der Waals surface area contributed by atoms with Crippen LogP contribution in [0.4, 0.5) is 0 Å². The molecule has 1 unspecified atom stereocenters. The van der Waals surface area contributed by atoms with Crippen LogP contribution in [0.1, 0.15) is 48.4 Å². The maximum Gasteiger partial charge on any atom is 0.251 e. The zero-order chi connectivity index (χ0) is 12.6. The third-order valence-corrected chi connectivity index (χ3v) is 3.19. The molecular weight excluding hydrogens is 214 g/mol. The molecule has 1 amide bonds. The fourth-order valence-electron chi connectivity index (χ4n) is 2.10. The number of benzene rings is 1. The molecule has 1 atom stereocenters. The van der Waals surface area contributed by atoms with Gasteiger partial charge in [-0.05, 0) is 29.0 Å². The molecule has 2 N–H and O–H groups in total. The summed E-state index contributed by atoms with van der Waals surface area (Å²) in [7, 11) is 0. The van der Waals surface area contributed by atoms with E-state index in [-0.39, 0.29) is 11.3 Å². The lowest BCUT2D eigenvalue weighted by Gasteiger charge is -2.27. The van der Waals surface area contributed by atoms with Gasteiger partial charge in [-0.15, -0.1) is 0 Å². The van der Waals surface area contributed by atoms with Crippen molar-refractivity contribution >= 4 is 5.91 Å². The van der Waals surface area contributed by atoms with Crippen LogP contribution in [0.25, 0.3) is 0 Å². The molecule has 0 spiro atoms. The molecule has 1 aliphatic heterocycles. The standard InChI is InChI=1S/C14H19NO2/c1-14(2,3)12(16)10-5-4-9-6-7-15-13(17)11(9)8-10/h4-5,8,12,16H,6-7H2,1-3H3,(H,15,17). The Hall–Kier alpha value is -1.35. The summed E-state index contributed by atoms with van der Waals surface area (Å²) in [5.74, 6) is -0.0331. The van der Waals surface area contributed by atoms with Crippen LogP contribution < -0.4 is 5.32 Å². The Morgan fingerprint density at radius 1 is 1.35 bits per heavy atom. The second-order valence-corrected chi connectivity index (χ2v) is 5.69. The fourth-order valence-corrected chi connectivity index (χ4v) is 2.10. The SMILES string of the molecule is CC(C)(C)C(O)c1ccc2c(c1)C(=O)NCC2. The highest BCUT2D eigenvalue weighted by atomic mass is 16.3. The first kappa shape index (κ1) is 12.1. The number of hydrogen-bond donors (Lipinski definition) is 2. The van der Waals surface area contributed by atoms with Crippen LogP contribution in [-0.4, -0.2) is 17.6 Å². The average Bonchev–Trinajstić information content (AvgIpc) is 2.27. The Balaban J connectivity index is 2.39. The Labute approximate surface area is 102 Å². The van der Waals surface area contributed by atoms with E-state index in [0.717, 1.165) is 17.5 Å². The number of aliphatic hydroxyl groups excluding tert-OH is 1. The van der Waals surface area contributed by atoms with Gasteiger partial charge >= 0.3 is 0 Å². The van der Waals surface area contributed by atoms with Crippen molar-refractivity contribution in [2.75, 3.05) is 6.54 Å². The third kappa shape index (κ3) is 2.34. The highest BCUT2D eigenvalue weighted by Crippen LogP contribution is 2.33. The Morgan fingerprint density at radius 2 is 2.06 bits per heavy atom. The summed E-state index contributed by atoms with van der Waals surface area (Å²) in [6.45, 7) is 6.65. The summed E-state index contributed by atoms with van der Waals surface area (Å²) in [4.78, 5) is 11.7. The first-order valence-electron chi connectivity index (χ1n) is 5.98. The van der Waals surface area contributed by atoms with Crippen molar-refractivity contribution in [2.24, 2.45) is 5.41 Å². The van der Waals surface area contributed by atoms with E-state index in [1.807, 2.05) is 39.0 Å². The average molecular weight is 233 g/mol. The van der Waals surface area contributed by atoms with E-state index in [0.29, 0.717) is 12.1 Å². The van der Waals surface area contributed by atoms with Gasteiger partial charge in [-0.25, -0.2) is 0 Å². The molecule has 92 valence electrons. The molecule has 0 bridgehead atoms. The Bertz CT molecular complexity index is 446. The van der Waals surface area contributed by atoms with Crippen LogP contribution >= 0.6 is 0 Å². The van der Waals surface area contributed by atoms with E-state index in [4.69, 9.17) is 0 Å². The number of carbonyl (C=O) groups excluding carboxylic acids is 1. The normalized spacial score (nSPS) is 17.3. The highest BCUT2D eigenvalue weighted by Gasteiger charge is 2.26. The molecule has 17 heavy (non-hydrogen) atoms. The second kappa shape index (κ2) is 4.15. The van der Waals surface area contributed by atoms with E-state index in [1.54, 1.807) is 0 Å².